The molecule has 21 heavy (non-hydrogen) atoms. The molecule has 1 aromatic heterocycles. The van der Waals surface area contributed by atoms with Crippen LogP contribution in [0.5, 0.6) is 0 Å². The van der Waals surface area contributed by atoms with Crippen LogP contribution in [-0.2, 0) is 17.8 Å². The lowest BCUT2D eigenvalue weighted by Gasteiger charge is -2.08. The van der Waals surface area contributed by atoms with E-state index in [1.54, 1.807) is 0 Å². The number of rotatable bonds is 8. The predicted octanol–water partition coefficient (Wildman–Crippen LogP) is 4.08. The summed E-state index contributed by atoms with van der Waals surface area (Å²) < 4.78 is 7.97. The van der Waals surface area contributed by atoms with Gasteiger partial charge in [0.2, 0.25) is 0 Å². The summed E-state index contributed by atoms with van der Waals surface area (Å²) >= 11 is 6.14. The van der Waals surface area contributed by atoms with Crippen LogP contribution in [-0.4, -0.2) is 24.8 Å². The highest BCUT2D eigenvalue weighted by Crippen LogP contribution is 2.24. The highest BCUT2D eigenvalue weighted by molar-refractivity contribution is 6.31. The maximum Gasteiger partial charge on any atom is 0.0645 e. The highest BCUT2D eigenvalue weighted by atomic mass is 35.5. The molecule has 0 radical (unpaired) electrons. The zero-order valence-corrected chi connectivity index (χ0v) is 13.9. The lowest BCUT2D eigenvalue weighted by Crippen LogP contribution is -2.07. The topological polar surface area (TPSA) is 26.2 Å². The van der Waals surface area contributed by atoms with E-state index in [4.69, 9.17) is 16.3 Å². The summed E-state index contributed by atoms with van der Waals surface area (Å²) in [6, 6.07) is 6.08. The van der Waals surface area contributed by atoms with Gasteiger partial charge >= 0.3 is 0 Å². The third kappa shape index (κ3) is 4.47. The second-order valence-electron chi connectivity index (χ2n) is 5.83. The molecule has 0 unspecified atom stereocenters. The fourth-order valence-electron chi connectivity index (χ4n) is 2.44. The molecular formula is C17H25ClN2O. The average molecular weight is 309 g/mol. The lowest BCUT2D eigenvalue weighted by molar-refractivity contribution is 0.117. The Kier molecular flexibility index (Phi) is 6.09. The van der Waals surface area contributed by atoms with Crippen LogP contribution in [0.25, 0.3) is 10.9 Å². The number of halogens is 1. The molecular weight excluding hydrogens is 284 g/mol. The summed E-state index contributed by atoms with van der Waals surface area (Å²) in [7, 11) is 1.97. The van der Waals surface area contributed by atoms with Crippen LogP contribution < -0.4 is 5.32 Å². The third-order valence-corrected chi connectivity index (χ3v) is 3.85. The number of nitrogens with zero attached hydrogens (tertiary/aromatic N) is 1. The monoisotopic (exact) mass is 308 g/mol. The minimum Gasteiger partial charge on any atom is -0.380 e. The van der Waals surface area contributed by atoms with Crippen molar-refractivity contribution >= 4 is 22.5 Å². The molecule has 0 bridgehead atoms. The van der Waals surface area contributed by atoms with Crippen molar-refractivity contribution in [1.82, 2.24) is 9.88 Å². The van der Waals surface area contributed by atoms with Crippen LogP contribution in [0.15, 0.2) is 24.4 Å². The Labute approximate surface area is 132 Å². The molecule has 116 valence electrons. The Morgan fingerprint density at radius 2 is 2.10 bits per heavy atom. The minimum atomic E-state index is 0.693. The van der Waals surface area contributed by atoms with Crippen LogP contribution in [0.4, 0.5) is 0 Å². The number of ether oxygens (including phenoxy) is 1. The van der Waals surface area contributed by atoms with Gasteiger partial charge in [0.1, 0.15) is 0 Å². The van der Waals surface area contributed by atoms with Gasteiger partial charge in [-0.05, 0) is 37.1 Å². The van der Waals surface area contributed by atoms with E-state index >= 15 is 0 Å². The normalized spacial score (nSPS) is 11.7. The second kappa shape index (κ2) is 7.83. The van der Waals surface area contributed by atoms with E-state index in [-0.39, 0.29) is 0 Å². The van der Waals surface area contributed by atoms with E-state index in [0.29, 0.717) is 5.92 Å². The third-order valence-electron chi connectivity index (χ3n) is 3.61. The molecule has 0 amide bonds. The molecule has 0 saturated carbocycles. The molecule has 1 N–H and O–H groups in total. The zero-order chi connectivity index (χ0) is 15.2. The van der Waals surface area contributed by atoms with Crippen molar-refractivity contribution in [3.63, 3.8) is 0 Å². The van der Waals surface area contributed by atoms with Gasteiger partial charge in [0.05, 0.1) is 6.61 Å². The van der Waals surface area contributed by atoms with Crippen LogP contribution in [0.1, 0.15) is 25.8 Å². The van der Waals surface area contributed by atoms with Gasteiger partial charge in [-0.1, -0.05) is 31.5 Å². The number of benzene rings is 1. The Morgan fingerprint density at radius 3 is 2.81 bits per heavy atom. The number of aromatic nitrogens is 1. The number of nitrogens with one attached hydrogen (secondary N) is 1. The summed E-state index contributed by atoms with van der Waals surface area (Å²) in [5, 5.41) is 5.25. The fourth-order valence-corrected chi connectivity index (χ4v) is 2.61. The van der Waals surface area contributed by atoms with Crippen molar-refractivity contribution in [2.75, 3.05) is 20.3 Å². The summed E-state index contributed by atoms with van der Waals surface area (Å²) in [6.45, 7) is 7.73. The molecule has 0 aliphatic carbocycles. The standard InChI is InChI=1S/C17H25ClN2O/c1-13(2)6-8-21-9-7-20-12-14(11-19-3)16-5-4-15(18)10-17(16)20/h4-5,10,12-13,19H,6-9,11H2,1-3H3. The molecule has 0 spiro atoms. The molecule has 0 fully saturated rings. The van der Waals surface area contributed by atoms with Crippen LogP contribution in [0.3, 0.4) is 0 Å². The number of fused-ring (bicyclic) bond motifs is 1. The molecule has 2 rings (SSSR count). The lowest BCUT2D eigenvalue weighted by atomic mass is 10.1. The van der Waals surface area contributed by atoms with Gasteiger partial charge in [-0.25, -0.2) is 0 Å². The molecule has 4 heteroatoms. The average Bonchev–Trinajstić information content (AvgIpc) is 2.76. The fraction of sp³-hybridized carbons (Fsp3) is 0.529. The first-order valence-corrected chi connectivity index (χ1v) is 7.99. The number of hydrogen-bond acceptors (Lipinski definition) is 2. The summed E-state index contributed by atoms with van der Waals surface area (Å²) in [5.74, 6) is 0.693. The molecule has 2 aromatic rings. The van der Waals surface area contributed by atoms with Gasteiger partial charge in [-0.2, -0.15) is 0 Å². The van der Waals surface area contributed by atoms with Crippen LogP contribution >= 0.6 is 11.6 Å². The molecule has 0 aliphatic heterocycles. The smallest absolute Gasteiger partial charge is 0.0645 e. The van der Waals surface area contributed by atoms with E-state index in [1.807, 2.05) is 19.2 Å². The molecule has 0 aliphatic rings. The summed E-state index contributed by atoms with van der Waals surface area (Å²) in [5.41, 5.74) is 2.48. The Hall–Kier alpha value is -1.03. The maximum absolute atomic E-state index is 6.14. The van der Waals surface area contributed by atoms with Gasteiger partial charge in [-0.3, -0.25) is 0 Å². The van der Waals surface area contributed by atoms with E-state index in [2.05, 4.69) is 36.0 Å². The highest BCUT2D eigenvalue weighted by Gasteiger charge is 2.08. The minimum absolute atomic E-state index is 0.693. The first kappa shape index (κ1) is 16.3. The second-order valence-corrected chi connectivity index (χ2v) is 6.27. The maximum atomic E-state index is 6.14. The molecule has 1 aromatic carbocycles. The van der Waals surface area contributed by atoms with Crippen molar-refractivity contribution in [3.05, 3.63) is 35.0 Å². The van der Waals surface area contributed by atoms with Gasteiger partial charge in [0.15, 0.2) is 0 Å². The van der Waals surface area contributed by atoms with Crippen LogP contribution in [0, 0.1) is 5.92 Å². The quantitative estimate of drug-likeness (QED) is 0.744. The van der Waals surface area contributed by atoms with E-state index < -0.39 is 0 Å². The SMILES string of the molecule is CNCc1cn(CCOCCC(C)C)c2cc(Cl)ccc12. The van der Waals surface area contributed by atoms with Crippen molar-refractivity contribution in [2.24, 2.45) is 5.92 Å². The van der Waals surface area contributed by atoms with Crippen molar-refractivity contribution in [1.29, 1.82) is 0 Å². The van der Waals surface area contributed by atoms with Gasteiger partial charge < -0.3 is 14.6 Å². The Balaban J connectivity index is 2.06. The van der Waals surface area contributed by atoms with Crippen LogP contribution in [0.2, 0.25) is 5.02 Å². The van der Waals surface area contributed by atoms with Crippen molar-refractivity contribution < 1.29 is 4.74 Å². The molecule has 0 saturated heterocycles. The van der Waals surface area contributed by atoms with E-state index in [1.165, 1.54) is 16.5 Å². The van der Waals surface area contributed by atoms with Gasteiger partial charge in [-0.15, -0.1) is 0 Å². The Bertz CT molecular complexity index is 577. The zero-order valence-electron chi connectivity index (χ0n) is 13.2. The predicted molar refractivity (Wildman–Crippen MR) is 90.0 cm³/mol. The Morgan fingerprint density at radius 1 is 1.29 bits per heavy atom. The van der Waals surface area contributed by atoms with Gasteiger partial charge in [0, 0.05) is 41.8 Å². The molecule has 0 atom stereocenters. The van der Waals surface area contributed by atoms with Gasteiger partial charge in [0.25, 0.3) is 0 Å². The summed E-state index contributed by atoms with van der Waals surface area (Å²) in [4.78, 5) is 0. The van der Waals surface area contributed by atoms with Crippen molar-refractivity contribution in [3.8, 4) is 0 Å². The van der Waals surface area contributed by atoms with E-state index in [0.717, 1.165) is 37.7 Å². The first-order chi connectivity index (χ1) is 10.1. The largest absolute Gasteiger partial charge is 0.380 e. The van der Waals surface area contributed by atoms with Crippen molar-refractivity contribution in [2.45, 2.75) is 33.4 Å². The van der Waals surface area contributed by atoms with E-state index in [9.17, 15) is 0 Å². The summed E-state index contributed by atoms with van der Waals surface area (Å²) in [6.07, 6.45) is 3.31. The number of hydrogen-bond donors (Lipinski definition) is 1. The first-order valence-electron chi connectivity index (χ1n) is 7.61. The molecule has 3 nitrogen and oxygen atoms in total. The molecule has 1 heterocycles.